The number of nitrogens with one attached hydrogen (secondary N) is 1. The van der Waals surface area contributed by atoms with E-state index in [-0.39, 0.29) is 0 Å². The van der Waals surface area contributed by atoms with Crippen molar-refractivity contribution in [2.75, 3.05) is 12.4 Å². The summed E-state index contributed by atoms with van der Waals surface area (Å²) < 4.78 is 0. The summed E-state index contributed by atoms with van der Waals surface area (Å²) in [5.41, 5.74) is 3.66. The van der Waals surface area contributed by atoms with Crippen LogP contribution >= 0.6 is 0 Å². The lowest BCUT2D eigenvalue weighted by atomic mass is 10.3. The fourth-order valence-corrected chi connectivity index (χ4v) is 1.44. The Morgan fingerprint density at radius 3 is 2.89 bits per heavy atom. The van der Waals surface area contributed by atoms with Crippen LogP contribution in [0, 0.1) is 11.3 Å². The van der Waals surface area contributed by atoms with Gasteiger partial charge in [0.1, 0.15) is 17.6 Å². The standard InChI is InChI=1S/C12H11N5O/c1-18-17-10-3-5-15-12(7-10)16-9-2-4-14-11(6-9)8-13/h2-7H,1H3,(H2,14,15,16,17)/p+1. The van der Waals surface area contributed by atoms with Crippen molar-refractivity contribution in [3.8, 4) is 6.07 Å². The molecule has 6 heteroatoms. The molecule has 0 aliphatic heterocycles. The van der Waals surface area contributed by atoms with Crippen LogP contribution in [0.25, 0.3) is 0 Å². The molecule has 2 aromatic rings. The van der Waals surface area contributed by atoms with Gasteiger partial charge >= 0.3 is 0 Å². The average molecular weight is 242 g/mol. The molecule has 0 aliphatic rings. The number of pyridine rings is 2. The minimum absolute atomic E-state index is 0.361. The van der Waals surface area contributed by atoms with Gasteiger partial charge in [0.25, 0.3) is 0 Å². The van der Waals surface area contributed by atoms with Crippen molar-refractivity contribution >= 4 is 17.2 Å². The van der Waals surface area contributed by atoms with Crippen LogP contribution in [-0.4, -0.2) is 17.1 Å². The van der Waals surface area contributed by atoms with Crippen LogP contribution in [0.15, 0.2) is 36.7 Å². The first-order valence-corrected chi connectivity index (χ1v) is 5.27. The Labute approximate surface area is 104 Å². The second-order valence-electron chi connectivity index (χ2n) is 3.49. The normalized spacial score (nSPS) is 9.78. The third-order valence-corrected chi connectivity index (χ3v) is 2.18. The molecular weight excluding hydrogens is 230 g/mol. The van der Waals surface area contributed by atoms with Gasteiger partial charge in [-0.3, -0.25) is 0 Å². The van der Waals surface area contributed by atoms with Crippen LogP contribution in [0.3, 0.4) is 0 Å². The molecule has 2 aromatic heterocycles. The number of quaternary nitrogens is 1. The van der Waals surface area contributed by atoms with E-state index in [0.29, 0.717) is 11.5 Å². The van der Waals surface area contributed by atoms with Crippen LogP contribution < -0.4 is 10.8 Å². The van der Waals surface area contributed by atoms with E-state index in [2.05, 4.69) is 15.3 Å². The summed E-state index contributed by atoms with van der Waals surface area (Å²) in [6.45, 7) is 0. The maximum absolute atomic E-state index is 8.76. The maximum Gasteiger partial charge on any atom is 0.167 e. The van der Waals surface area contributed by atoms with E-state index >= 15 is 0 Å². The molecule has 0 atom stereocenters. The summed E-state index contributed by atoms with van der Waals surface area (Å²) >= 11 is 0. The predicted molar refractivity (Wildman–Crippen MR) is 65.1 cm³/mol. The summed E-state index contributed by atoms with van der Waals surface area (Å²) in [6, 6.07) is 9.10. The summed E-state index contributed by atoms with van der Waals surface area (Å²) in [7, 11) is 1.59. The molecule has 2 rings (SSSR count). The van der Waals surface area contributed by atoms with E-state index < -0.39 is 0 Å². The summed E-state index contributed by atoms with van der Waals surface area (Å²) in [5, 5.41) is 11.9. The van der Waals surface area contributed by atoms with Gasteiger partial charge in [-0.1, -0.05) is 0 Å². The molecule has 0 radical (unpaired) electrons. The molecule has 0 amide bonds. The largest absolute Gasteiger partial charge is 0.340 e. The van der Waals surface area contributed by atoms with E-state index in [9.17, 15) is 0 Å². The van der Waals surface area contributed by atoms with E-state index in [1.165, 1.54) is 0 Å². The fraction of sp³-hybridized carbons (Fsp3) is 0.0833. The second kappa shape index (κ2) is 5.72. The number of anilines is 2. The molecule has 0 aliphatic carbocycles. The average Bonchev–Trinajstić information content (AvgIpc) is 2.40. The van der Waals surface area contributed by atoms with E-state index in [0.717, 1.165) is 11.4 Å². The molecule has 3 N–H and O–H groups in total. The van der Waals surface area contributed by atoms with Gasteiger partial charge < -0.3 is 5.32 Å². The molecule has 6 nitrogen and oxygen atoms in total. The van der Waals surface area contributed by atoms with Crippen LogP contribution in [0.2, 0.25) is 0 Å². The van der Waals surface area contributed by atoms with Gasteiger partial charge in [0.2, 0.25) is 0 Å². The van der Waals surface area contributed by atoms with Gasteiger partial charge in [0.05, 0.1) is 7.11 Å². The summed E-state index contributed by atoms with van der Waals surface area (Å²) in [4.78, 5) is 13.0. The van der Waals surface area contributed by atoms with E-state index in [1.54, 1.807) is 37.1 Å². The molecule has 0 aromatic carbocycles. The van der Waals surface area contributed by atoms with Crippen LogP contribution in [0.5, 0.6) is 0 Å². The summed E-state index contributed by atoms with van der Waals surface area (Å²) in [6.07, 6.45) is 3.26. The molecule has 0 spiro atoms. The molecule has 0 bridgehead atoms. The van der Waals surface area contributed by atoms with Crippen molar-refractivity contribution < 1.29 is 10.3 Å². The first-order valence-electron chi connectivity index (χ1n) is 5.27. The molecular formula is C12H12N5O+. The summed E-state index contributed by atoms with van der Waals surface area (Å²) in [5.74, 6) is 0.677. The minimum Gasteiger partial charge on any atom is -0.340 e. The van der Waals surface area contributed by atoms with Crippen LogP contribution in [-0.2, 0) is 4.84 Å². The number of nitriles is 1. The van der Waals surface area contributed by atoms with Gasteiger partial charge in [0, 0.05) is 30.2 Å². The van der Waals surface area contributed by atoms with Gasteiger partial charge in [-0.05, 0) is 12.1 Å². The van der Waals surface area contributed by atoms with E-state index in [1.807, 2.05) is 18.2 Å². The smallest absolute Gasteiger partial charge is 0.167 e. The molecule has 0 fully saturated rings. The number of nitrogens with two attached hydrogens (primary N) is 1. The lowest BCUT2D eigenvalue weighted by molar-refractivity contribution is -0.830. The number of aromatic nitrogens is 2. The Bertz CT molecular complexity index is 579. The fourth-order valence-electron chi connectivity index (χ4n) is 1.44. The lowest BCUT2D eigenvalue weighted by Gasteiger charge is -2.05. The third kappa shape index (κ3) is 3.01. The Morgan fingerprint density at radius 2 is 2.11 bits per heavy atom. The number of hydrogen-bond acceptors (Lipinski definition) is 5. The van der Waals surface area contributed by atoms with Crippen molar-refractivity contribution in [2.24, 2.45) is 0 Å². The predicted octanol–water partition coefficient (Wildman–Crippen LogP) is 0.848. The quantitative estimate of drug-likeness (QED) is 0.776. The molecule has 0 saturated heterocycles. The Kier molecular flexibility index (Phi) is 3.81. The molecule has 0 unspecified atom stereocenters. The second-order valence-corrected chi connectivity index (χ2v) is 3.49. The van der Waals surface area contributed by atoms with Crippen molar-refractivity contribution in [3.63, 3.8) is 0 Å². The number of hydrogen-bond donors (Lipinski definition) is 2. The molecule has 18 heavy (non-hydrogen) atoms. The zero-order chi connectivity index (χ0) is 12.8. The van der Waals surface area contributed by atoms with Gasteiger partial charge in [0.15, 0.2) is 5.69 Å². The molecule has 90 valence electrons. The van der Waals surface area contributed by atoms with Crippen LogP contribution in [0.4, 0.5) is 17.2 Å². The zero-order valence-electron chi connectivity index (χ0n) is 9.79. The Morgan fingerprint density at radius 1 is 1.28 bits per heavy atom. The Balaban J connectivity index is 2.18. The van der Waals surface area contributed by atoms with Gasteiger partial charge in [-0.2, -0.15) is 10.7 Å². The first kappa shape index (κ1) is 12.0. The van der Waals surface area contributed by atoms with Crippen molar-refractivity contribution in [3.05, 3.63) is 42.4 Å². The first-order chi connectivity index (χ1) is 8.81. The zero-order valence-corrected chi connectivity index (χ0v) is 9.79. The van der Waals surface area contributed by atoms with Crippen LogP contribution in [0.1, 0.15) is 5.69 Å². The van der Waals surface area contributed by atoms with Gasteiger partial charge in [-0.15, -0.1) is 0 Å². The third-order valence-electron chi connectivity index (χ3n) is 2.18. The van der Waals surface area contributed by atoms with Crippen molar-refractivity contribution in [1.29, 1.82) is 5.26 Å². The maximum atomic E-state index is 8.76. The lowest BCUT2D eigenvalue weighted by Crippen LogP contribution is -2.75. The highest BCUT2D eigenvalue weighted by molar-refractivity contribution is 5.58. The van der Waals surface area contributed by atoms with Crippen molar-refractivity contribution in [2.45, 2.75) is 0 Å². The number of rotatable bonds is 4. The minimum atomic E-state index is 0.361. The Hall–Kier alpha value is -2.49. The SMILES string of the molecule is CO[NH2+]c1ccnc(Nc2ccnc(C#N)c2)c1. The highest BCUT2D eigenvalue weighted by Gasteiger charge is 2.02. The molecule has 2 heterocycles. The van der Waals surface area contributed by atoms with Gasteiger partial charge in [-0.25, -0.2) is 14.8 Å². The highest BCUT2D eigenvalue weighted by atomic mass is 16.6. The monoisotopic (exact) mass is 242 g/mol. The molecule has 0 saturated carbocycles. The van der Waals surface area contributed by atoms with Crippen molar-refractivity contribution in [1.82, 2.24) is 9.97 Å². The number of nitrogens with zero attached hydrogens (tertiary/aromatic N) is 3. The topological polar surface area (TPSA) is 87.4 Å². The van der Waals surface area contributed by atoms with E-state index in [4.69, 9.17) is 10.1 Å². The highest BCUT2D eigenvalue weighted by Crippen LogP contribution is 2.15.